The van der Waals surface area contributed by atoms with Crippen molar-refractivity contribution in [2.45, 2.75) is 33.2 Å². The lowest BCUT2D eigenvalue weighted by Crippen LogP contribution is -2.36. The summed E-state index contributed by atoms with van der Waals surface area (Å²) in [6.45, 7) is 8.72. The highest BCUT2D eigenvalue weighted by Gasteiger charge is 2.26. The largest absolute Gasteiger partial charge is 0.378 e. The molecule has 0 saturated carbocycles. The third-order valence-corrected chi connectivity index (χ3v) is 4.35. The minimum atomic E-state index is -0.174. The predicted octanol–water partition coefficient (Wildman–Crippen LogP) is 5.03. The maximum Gasteiger partial charge on any atom is 0.0787 e. The molecule has 0 aliphatic carbocycles. The molecule has 1 heterocycles. The van der Waals surface area contributed by atoms with Crippen LogP contribution in [-0.4, -0.2) is 0 Å². The Labute approximate surface area is 133 Å². The van der Waals surface area contributed by atoms with Crippen LogP contribution in [0.3, 0.4) is 0 Å². The van der Waals surface area contributed by atoms with Crippen molar-refractivity contribution in [2.75, 3.05) is 0 Å². The van der Waals surface area contributed by atoms with Crippen molar-refractivity contribution in [3.8, 4) is 0 Å². The number of benzene rings is 2. The summed E-state index contributed by atoms with van der Waals surface area (Å²) in [5.41, 5.74) is 7.63. The molecule has 0 fully saturated rings. The summed E-state index contributed by atoms with van der Waals surface area (Å²) in [7, 11) is 0. The highest BCUT2D eigenvalue weighted by Crippen LogP contribution is 2.32. The van der Waals surface area contributed by atoms with E-state index < -0.39 is 0 Å². The molecule has 0 aromatic heterocycles. The molecule has 1 N–H and O–H groups in total. The topological polar surface area (TPSA) is 12.0 Å². The van der Waals surface area contributed by atoms with Crippen molar-refractivity contribution in [1.82, 2.24) is 5.32 Å². The number of allylic oxidation sites excluding steroid dienone is 2. The van der Waals surface area contributed by atoms with Crippen LogP contribution in [0.1, 0.15) is 34.7 Å². The van der Waals surface area contributed by atoms with Gasteiger partial charge in [-0.1, -0.05) is 53.6 Å². The lowest BCUT2D eigenvalue weighted by atomic mass is 9.84. The standard InChI is InChI=1S/C21H23N/c1-15-11-16(2)13-19(12-15)18-9-10-22-21(4,14-18)20-8-6-5-7-17(20)3/h5-14,22H,1-4H3. The molecule has 0 saturated heterocycles. The molecule has 0 amide bonds. The first-order valence-corrected chi connectivity index (χ1v) is 7.80. The van der Waals surface area contributed by atoms with Crippen molar-refractivity contribution in [3.63, 3.8) is 0 Å². The highest BCUT2D eigenvalue weighted by atomic mass is 14.9. The van der Waals surface area contributed by atoms with E-state index in [9.17, 15) is 0 Å². The molecule has 1 unspecified atom stereocenters. The van der Waals surface area contributed by atoms with E-state index in [1.54, 1.807) is 0 Å². The lowest BCUT2D eigenvalue weighted by Gasteiger charge is -2.32. The maximum atomic E-state index is 3.52. The first kappa shape index (κ1) is 14.6. The number of hydrogen-bond acceptors (Lipinski definition) is 1. The second-order valence-electron chi connectivity index (χ2n) is 6.47. The fourth-order valence-corrected chi connectivity index (χ4v) is 3.34. The quantitative estimate of drug-likeness (QED) is 0.818. The summed E-state index contributed by atoms with van der Waals surface area (Å²) in [5, 5.41) is 3.52. The molecule has 1 heteroatoms. The number of rotatable bonds is 2. The van der Waals surface area contributed by atoms with E-state index >= 15 is 0 Å². The molecule has 0 radical (unpaired) electrons. The van der Waals surface area contributed by atoms with Gasteiger partial charge in [0.25, 0.3) is 0 Å². The van der Waals surface area contributed by atoms with E-state index in [4.69, 9.17) is 0 Å². The molecule has 22 heavy (non-hydrogen) atoms. The summed E-state index contributed by atoms with van der Waals surface area (Å²) in [6.07, 6.45) is 6.57. The molecule has 112 valence electrons. The second-order valence-corrected chi connectivity index (χ2v) is 6.47. The van der Waals surface area contributed by atoms with Gasteiger partial charge in [0.05, 0.1) is 5.54 Å². The highest BCUT2D eigenvalue weighted by molar-refractivity contribution is 5.77. The van der Waals surface area contributed by atoms with Crippen molar-refractivity contribution in [2.24, 2.45) is 0 Å². The zero-order valence-corrected chi connectivity index (χ0v) is 13.8. The molecule has 1 aliphatic rings. The Morgan fingerprint density at radius 3 is 2.27 bits per heavy atom. The van der Waals surface area contributed by atoms with Crippen LogP contribution in [0, 0.1) is 20.8 Å². The van der Waals surface area contributed by atoms with Gasteiger partial charge in [0.2, 0.25) is 0 Å². The molecule has 1 aliphatic heterocycles. The second kappa shape index (κ2) is 5.49. The first-order chi connectivity index (χ1) is 10.5. The van der Waals surface area contributed by atoms with E-state index in [1.165, 1.54) is 33.4 Å². The van der Waals surface area contributed by atoms with Gasteiger partial charge in [-0.2, -0.15) is 0 Å². The number of dihydropyridines is 1. The van der Waals surface area contributed by atoms with Gasteiger partial charge in [-0.15, -0.1) is 0 Å². The van der Waals surface area contributed by atoms with Gasteiger partial charge in [-0.3, -0.25) is 0 Å². The average molecular weight is 289 g/mol. The van der Waals surface area contributed by atoms with Crippen LogP contribution in [0.25, 0.3) is 5.57 Å². The van der Waals surface area contributed by atoms with Crippen LogP contribution in [0.15, 0.2) is 60.8 Å². The van der Waals surface area contributed by atoms with Crippen molar-refractivity contribution in [1.29, 1.82) is 0 Å². The van der Waals surface area contributed by atoms with E-state index in [0.717, 1.165) is 0 Å². The molecule has 2 aromatic carbocycles. The Balaban J connectivity index is 2.08. The molecule has 2 aromatic rings. The fraction of sp³-hybridized carbons (Fsp3) is 0.238. The minimum Gasteiger partial charge on any atom is -0.378 e. The predicted molar refractivity (Wildman–Crippen MR) is 94.7 cm³/mol. The molecule has 3 rings (SSSR count). The Morgan fingerprint density at radius 1 is 0.909 bits per heavy atom. The summed E-state index contributed by atoms with van der Waals surface area (Å²) < 4.78 is 0. The summed E-state index contributed by atoms with van der Waals surface area (Å²) in [6, 6.07) is 15.3. The van der Waals surface area contributed by atoms with Gasteiger partial charge in [-0.05, 0) is 68.3 Å². The summed E-state index contributed by atoms with van der Waals surface area (Å²) in [5.74, 6) is 0. The minimum absolute atomic E-state index is 0.174. The van der Waals surface area contributed by atoms with E-state index in [-0.39, 0.29) is 5.54 Å². The summed E-state index contributed by atoms with van der Waals surface area (Å²) >= 11 is 0. The monoisotopic (exact) mass is 289 g/mol. The Bertz CT molecular complexity index is 747. The number of hydrogen-bond donors (Lipinski definition) is 1. The van der Waals surface area contributed by atoms with Crippen LogP contribution in [0.2, 0.25) is 0 Å². The third-order valence-electron chi connectivity index (χ3n) is 4.35. The maximum absolute atomic E-state index is 3.52. The lowest BCUT2D eigenvalue weighted by molar-refractivity contribution is 0.523. The fourth-order valence-electron chi connectivity index (χ4n) is 3.34. The smallest absolute Gasteiger partial charge is 0.0787 e. The van der Waals surface area contributed by atoms with Gasteiger partial charge >= 0.3 is 0 Å². The molecule has 1 nitrogen and oxygen atoms in total. The van der Waals surface area contributed by atoms with Crippen LogP contribution >= 0.6 is 0 Å². The molecule has 1 atom stereocenters. The van der Waals surface area contributed by atoms with Gasteiger partial charge in [0.15, 0.2) is 0 Å². The van der Waals surface area contributed by atoms with Gasteiger partial charge in [-0.25, -0.2) is 0 Å². The van der Waals surface area contributed by atoms with E-state index in [1.807, 2.05) is 0 Å². The zero-order chi connectivity index (χ0) is 15.7. The van der Waals surface area contributed by atoms with Crippen LogP contribution in [0.4, 0.5) is 0 Å². The van der Waals surface area contributed by atoms with E-state index in [2.05, 4.69) is 93.8 Å². The normalized spacial score (nSPS) is 20.5. The SMILES string of the molecule is Cc1cc(C)cc(C2=CC(C)(c3ccccc3C)NC=C2)c1. The molecule has 0 bridgehead atoms. The summed E-state index contributed by atoms with van der Waals surface area (Å²) in [4.78, 5) is 0. The van der Waals surface area contributed by atoms with Crippen molar-refractivity contribution < 1.29 is 0 Å². The first-order valence-electron chi connectivity index (χ1n) is 7.80. The van der Waals surface area contributed by atoms with Crippen LogP contribution < -0.4 is 5.32 Å². The van der Waals surface area contributed by atoms with Crippen molar-refractivity contribution >= 4 is 5.57 Å². The number of nitrogens with one attached hydrogen (secondary N) is 1. The third kappa shape index (κ3) is 2.71. The number of aryl methyl sites for hydroxylation is 3. The Kier molecular flexibility index (Phi) is 3.66. The average Bonchev–Trinajstić information content (AvgIpc) is 2.46. The van der Waals surface area contributed by atoms with Crippen LogP contribution in [0.5, 0.6) is 0 Å². The molecular formula is C21H23N. The van der Waals surface area contributed by atoms with Crippen LogP contribution in [-0.2, 0) is 5.54 Å². The van der Waals surface area contributed by atoms with Gasteiger partial charge < -0.3 is 5.32 Å². The zero-order valence-electron chi connectivity index (χ0n) is 13.8. The van der Waals surface area contributed by atoms with Crippen molar-refractivity contribution in [3.05, 3.63) is 88.6 Å². The molecular weight excluding hydrogens is 266 g/mol. The van der Waals surface area contributed by atoms with Gasteiger partial charge in [0.1, 0.15) is 0 Å². The Morgan fingerprint density at radius 2 is 1.59 bits per heavy atom. The van der Waals surface area contributed by atoms with E-state index in [0.29, 0.717) is 0 Å². The van der Waals surface area contributed by atoms with Gasteiger partial charge in [0, 0.05) is 0 Å². The Hall–Kier alpha value is -2.28. The molecule has 0 spiro atoms.